The second-order valence-corrected chi connectivity index (χ2v) is 5.29. The van der Waals surface area contributed by atoms with Crippen molar-refractivity contribution < 1.29 is 14.2 Å². The number of aliphatic imine (C=N–C) groups is 1. The van der Waals surface area contributed by atoms with Gasteiger partial charge in [-0.15, -0.1) is 24.0 Å². The first-order chi connectivity index (χ1) is 12.3. The Bertz CT molecular complexity index is 737. The highest BCUT2D eigenvalue weighted by molar-refractivity contribution is 14.0. The van der Waals surface area contributed by atoms with Crippen molar-refractivity contribution in [1.82, 2.24) is 25.4 Å². The maximum Gasteiger partial charge on any atom is 0.231 e. The second kappa shape index (κ2) is 10.0. The molecule has 26 heavy (non-hydrogen) atoms. The molecular formula is C16H23IN6O3. The smallest absolute Gasteiger partial charge is 0.231 e. The number of aryl methyl sites for hydroxylation is 1. The van der Waals surface area contributed by atoms with Gasteiger partial charge in [0, 0.05) is 19.7 Å². The molecule has 2 heterocycles. The molecule has 0 amide bonds. The minimum atomic E-state index is 0. The summed E-state index contributed by atoms with van der Waals surface area (Å²) in [5, 5.41) is 10.4. The highest BCUT2D eigenvalue weighted by atomic mass is 127. The van der Waals surface area contributed by atoms with Crippen LogP contribution in [-0.4, -0.2) is 47.2 Å². The van der Waals surface area contributed by atoms with Crippen LogP contribution < -0.4 is 24.8 Å². The number of nitrogens with zero attached hydrogens (tertiary/aromatic N) is 4. The van der Waals surface area contributed by atoms with Gasteiger partial charge < -0.3 is 24.8 Å². The number of guanidine groups is 1. The van der Waals surface area contributed by atoms with E-state index in [4.69, 9.17) is 14.2 Å². The van der Waals surface area contributed by atoms with Gasteiger partial charge in [-0.2, -0.15) is 5.10 Å². The molecule has 0 aliphatic carbocycles. The van der Waals surface area contributed by atoms with Crippen LogP contribution in [0.1, 0.15) is 12.7 Å². The van der Waals surface area contributed by atoms with Crippen molar-refractivity contribution in [1.29, 1.82) is 0 Å². The molecule has 0 saturated carbocycles. The molecule has 1 aliphatic heterocycles. The fourth-order valence-corrected chi connectivity index (χ4v) is 2.26. The van der Waals surface area contributed by atoms with Gasteiger partial charge in [0.05, 0.1) is 6.54 Å². The van der Waals surface area contributed by atoms with E-state index >= 15 is 0 Å². The lowest BCUT2D eigenvalue weighted by molar-refractivity contribution is 0.173. The average molecular weight is 474 g/mol. The van der Waals surface area contributed by atoms with Crippen LogP contribution in [0.3, 0.4) is 0 Å². The topological polar surface area (TPSA) is 94.8 Å². The first kappa shape index (κ1) is 20.1. The number of rotatable bonds is 7. The zero-order chi connectivity index (χ0) is 17.5. The molecule has 0 bridgehead atoms. The Morgan fingerprint density at radius 3 is 2.92 bits per heavy atom. The van der Waals surface area contributed by atoms with Crippen LogP contribution in [0.4, 0.5) is 0 Å². The van der Waals surface area contributed by atoms with Gasteiger partial charge >= 0.3 is 0 Å². The van der Waals surface area contributed by atoms with Crippen molar-refractivity contribution in [2.24, 2.45) is 12.0 Å². The van der Waals surface area contributed by atoms with Crippen molar-refractivity contribution in [3.05, 3.63) is 30.4 Å². The highest BCUT2D eigenvalue weighted by Crippen LogP contribution is 2.34. The largest absolute Gasteiger partial charge is 0.492 e. The minimum Gasteiger partial charge on any atom is -0.492 e. The van der Waals surface area contributed by atoms with Crippen LogP contribution >= 0.6 is 24.0 Å². The summed E-state index contributed by atoms with van der Waals surface area (Å²) in [6.07, 6.45) is 1.52. The van der Waals surface area contributed by atoms with Crippen molar-refractivity contribution in [2.45, 2.75) is 13.5 Å². The van der Waals surface area contributed by atoms with Gasteiger partial charge in [0.2, 0.25) is 6.79 Å². The maximum atomic E-state index is 5.72. The Hall–Kier alpha value is -2.24. The molecule has 1 aromatic heterocycles. The Morgan fingerprint density at radius 2 is 2.15 bits per heavy atom. The predicted octanol–water partition coefficient (Wildman–Crippen LogP) is 1.30. The van der Waals surface area contributed by atoms with Crippen molar-refractivity contribution in [2.75, 3.05) is 26.5 Å². The van der Waals surface area contributed by atoms with Crippen molar-refractivity contribution in [3.63, 3.8) is 0 Å². The van der Waals surface area contributed by atoms with E-state index in [1.54, 1.807) is 4.68 Å². The van der Waals surface area contributed by atoms with E-state index in [1.165, 1.54) is 6.33 Å². The lowest BCUT2D eigenvalue weighted by Gasteiger charge is -2.12. The molecular weight excluding hydrogens is 451 g/mol. The molecule has 0 spiro atoms. The zero-order valence-electron chi connectivity index (χ0n) is 14.8. The number of ether oxygens (including phenoxy) is 3. The summed E-state index contributed by atoms with van der Waals surface area (Å²) in [5.41, 5.74) is 0. The molecule has 0 fully saturated rings. The summed E-state index contributed by atoms with van der Waals surface area (Å²) in [4.78, 5) is 8.64. The number of hydrogen-bond acceptors (Lipinski definition) is 6. The molecule has 0 radical (unpaired) electrons. The van der Waals surface area contributed by atoms with Gasteiger partial charge in [-0.3, -0.25) is 4.68 Å². The fraction of sp³-hybridized carbons (Fsp3) is 0.438. The Balaban J connectivity index is 0.00000243. The quantitative estimate of drug-likeness (QED) is 0.270. The van der Waals surface area contributed by atoms with Crippen LogP contribution in [0.25, 0.3) is 0 Å². The third-order valence-corrected chi connectivity index (χ3v) is 3.54. The van der Waals surface area contributed by atoms with E-state index in [2.05, 4.69) is 25.7 Å². The lowest BCUT2D eigenvalue weighted by Crippen LogP contribution is -2.39. The SMILES string of the molecule is CCNC(=NCc1ncnn1C)NCCOc1ccc2c(c1)OCO2.I. The van der Waals surface area contributed by atoms with E-state index < -0.39 is 0 Å². The number of benzene rings is 1. The molecule has 3 rings (SSSR count). The number of nitrogens with one attached hydrogen (secondary N) is 2. The van der Waals surface area contributed by atoms with E-state index in [0.717, 1.165) is 23.9 Å². The third kappa shape index (κ3) is 5.38. The van der Waals surface area contributed by atoms with E-state index in [9.17, 15) is 0 Å². The Morgan fingerprint density at radius 1 is 1.31 bits per heavy atom. The standard InChI is InChI=1S/C16H22N6O3.HI/c1-3-17-16(19-9-15-20-10-21-22(15)2)18-6-7-23-12-4-5-13-14(8-12)25-11-24-13;/h4-5,8,10H,3,6-7,9,11H2,1-2H3,(H2,17,18,19);1H. The Kier molecular flexibility index (Phi) is 7.75. The molecule has 0 saturated heterocycles. The number of halogens is 1. The van der Waals surface area contributed by atoms with Crippen LogP contribution in [-0.2, 0) is 13.6 Å². The molecule has 1 aromatic carbocycles. The highest BCUT2D eigenvalue weighted by Gasteiger charge is 2.13. The average Bonchev–Trinajstić information content (AvgIpc) is 3.24. The summed E-state index contributed by atoms with van der Waals surface area (Å²) < 4.78 is 18.0. The van der Waals surface area contributed by atoms with Crippen molar-refractivity contribution >= 4 is 29.9 Å². The predicted molar refractivity (Wildman–Crippen MR) is 107 cm³/mol. The monoisotopic (exact) mass is 474 g/mol. The van der Waals surface area contributed by atoms with Gasteiger partial charge in [-0.1, -0.05) is 0 Å². The van der Waals surface area contributed by atoms with Gasteiger partial charge in [-0.25, -0.2) is 9.98 Å². The number of aromatic nitrogens is 3. The van der Waals surface area contributed by atoms with E-state index in [1.807, 2.05) is 32.2 Å². The minimum absolute atomic E-state index is 0. The molecule has 0 unspecified atom stereocenters. The molecule has 1 aliphatic rings. The normalized spacial score (nSPS) is 12.5. The summed E-state index contributed by atoms with van der Waals surface area (Å²) in [5.74, 6) is 3.71. The van der Waals surface area contributed by atoms with Crippen LogP contribution in [0, 0.1) is 0 Å². The Labute approximate surface area is 169 Å². The van der Waals surface area contributed by atoms with Gasteiger partial charge in [0.1, 0.15) is 31.1 Å². The van der Waals surface area contributed by atoms with Crippen LogP contribution in [0.5, 0.6) is 17.2 Å². The lowest BCUT2D eigenvalue weighted by atomic mass is 10.3. The molecule has 9 nitrogen and oxygen atoms in total. The molecule has 2 N–H and O–H groups in total. The van der Waals surface area contributed by atoms with E-state index in [-0.39, 0.29) is 30.8 Å². The van der Waals surface area contributed by atoms with Crippen LogP contribution in [0.15, 0.2) is 29.5 Å². The summed E-state index contributed by atoms with van der Waals surface area (Å²) in [6, 6.07) is 5.54. The van der Waals surface area contributed by atoms with Gasteiger partial charge in [0.25, 0.3) is 0 Å². The molecule has 0 atom stereocenters. The summed E-state index contributed by atoms with van der Waals surface area (Å²) in [6.45, 7) is 4.60. The number of hydrogen-bond donors (Lipinski definition) is 2. The van der Waals surface area contributed by atoms with Crippen LogP contribution in [0.2, 0.25) is 0 Å². The first-order valence-corrected chi connectivity index (χ1v) is 8.13. The molecule has 10 heteroatoms. The first-order valence-electron chi connectivity index (χ1n) is 8.13. The maximum absolute atomic E-state index is 5.72. The molecule has 2 aromatic rings. The molecule has 142 valence electrons. The summed E-state index contributed by atoms with van der Waals surface area (Å²) in [7, 11) is 1.84. The number of fused-ring (bicyclic) bond motifs is 1. The summed E-state index contributed by atoms with van der Waals surface area (Å²) >= 11 is 0. The van der Waals surface area contributed by atoms with Gasteiger partial charge in [-0.05, 0) is 19.1 Å². The fourth-order valence-electron chi connectivity index (χ4n) is 2.26. The van der Waals surface area contributed by atoms with Crippen molar-refractivity contribution in [3.8, 4) is 17.2 Å². The second-order valence-electron chi connectivity index (χ2n) is 5.29. The third-order valence-electron chi connectivity index (χ3n) is 3.54. The van der Waals surface area contributed by atoms with Gasteiger partial charge in [0.15, 0.2) is 17.5 Å². The van der Waals surface area contributed by atoms with E-state index in [0.29, 0.717) is 31.4 Å². The zero-order valence-corrected chi connectivity index (χ0v) is 17.1.